The van der Waals surface area contributed by atoms with E-state index in [4.69, 9.17) is 0 Å². The fraction of sp³-hybridized carbons (Fsp3) is 0.143. The van der Waals surface area contributed by atoms with Crippen LogP contribution in [-0.2, 0) is 4.55 Å². The Bertz CT molecular complexity index is 429. The fourth-order valence-electron chi connectivity index (χ4n) is 0.831. The Morgan fingerprint density at radius 1 is 1.46 bits per heavy atom. The van der Waals surface area contributed by atoms with Crippen LogP contribution in [0.4, 0.5) is 5.13 Å². The molecule has 0 saturated carbocycles. The molecule has 2 aromatic rings. The minimum atomic E-state index is 0.820. The molecule has 2 rings (SSSR count). The molecule has 0 atom stereocenters. The number of thiazole rings is 2. The molecule has 68 valence electrons. The molecule has 0 radical (unpaired) electrons. The second-order valence-electron chi connectivity index (χ2n) is 2.20. The van der Waals surface area contributed by atoms with Crippen molar-refractivity contribution in [3.63, 3.8) is 0 Å². The van der Waals surface area contributed by atoms with Gasteiger partial charge in [0.2, 0.25) is 5.13 Å². The smallest absolute Gasteiger partial charge is 0.211 e. The maximum atomic E-state index is 4.42. The van der Waals surface area contributed by atoms with Crippen molar-refractivity contribution in [2.45, 2.75) is 4.55 Å². The summed E-state index contributed by atoms with van der Waals surface area (Å²) in [4.78, 5) is 9.53. The maximum Gasteiger partial charge on any atom is 0.211 e. The highest BCUT2D eigenvalue weighted by atomic mass is 127. The molecule has 0 unspecified atom stereocenters. The lowest BCUT2D eigenvalue weighted by Gasteiger charge is -1.91. The number of aromatic nitrogens is 2. The van der Waals surface area contributed by atoms with Crippen molar-refractivity contribution in [1.29, 1.82) is 0 Å². The Balaban J connectivity index is 2.45. The number of rotatable bonds is 2. The van der Waals surface area contributed by atoms with Crippen LogP contribution >= 0.6 is 45.3 Å². The minimum Gasteiger partial charge on any atom is -0.314 e. The first-order chi connectivity index (χ1) is 6.40. The maximum absolute atomic E-state index is 4.42. The number of hydrogen-bond acceptors (Lipinski definition) is 4. The molecule has 2 aromatic heterocycles. The fourth-order valence-corrected chi connectivity index (χ4v) is 2.90. The van der Waals surface area contributed by atoms with Gasteiger partial charge in [-0.1, -0.05) is 22.6 Å². The minimum absolute atomic E-state index is 0.820. The van der Waals surface area contributed by atoms with Crippen molar-refractivity contribution in [2.24, 2.45) is 4.99 Å². The molecule has 2 heterocycles. The van der Waals surface area contributed by atoms with Crippen LogP contribution in [0, 0.1) is 0 Å². The Morgan fingerprint density at radius 3 is 3.08 bits per heavy atom. The molecule has 0 fully saturated rings. The van der Waals surface area contributed by atoms with E-state index in [2.05, 4.69) is 37.1 Å². The van der Waals surface area contributed by atoms with E-state index in [1.54, 1.807) is 28.9 Å². The molecule has 0 bridgehead atoms. The van der Waals surface area contributed by atoms with Crippen LogP contribution in [0.15, 0.2) is 28.1 Å². The van der Waals surface area contributed by atoms with Gasteiger partial charge in [-0.15, -0.1) is 22.7 Å². The molecule has 6 heteroatoms. The Hall–Kier alpha value is -0.210. The van der Waals surface area contributed by atoms with Crippen molar-refractivity contribution in [1.82, 2.24) is 9.55 Å². The van der Waals surface area contributed by atoms with Gasteiger partial charge in [0, 0.05) is 23.2 Å². The molecule has 3 nitrogen and oxygen atoms in total. The predicted octanol–water partition coefficient (Wildman–Crippen LogP) is 2.63. The summed E-state index contributed by atoms with van der Waals surface area (Å²) in [7, 11) is 0. The highest BCUT2D eigenvalue weighted by Crippen LogP contribution is 2.13. The second kappa shape index (κ2) is 4.34. The third-order valence-corrected chi connectivity index (χ3v) is 3.59. The summed E-state index contributed by atoms with van der Waals surface area (Å²) in [5, 5.41) is 4.78. The van der Waals surface area contributed by atoms with Crippen LogP contribution in [-0.4, -0.2) is 9.55 Å². The van der Waals surface area contributed by atoms with Gasteiger partial charge in [0.1, 0.15) is 0 Å². The molecule has 0 aliphatic rings. The number of halogens is 1. The predicted molar refractivity (Wildman–Crippen MR) is 63.7 cm³/mol. The zero-order valence-corrected chi connectivity index (χ0v) is 10.3. The van der Waals surface area contributed by atoms with E-state index < -0.39 is 0 Å². The highest BCUT2D eigenvalue weighted by Gasteiger charge is 1.94. The van der Waals surface area contributed by atoms with E-state index in [0.29, 0.717) is 0 Å². The summed E-state index contributed by atoms with van der Waals surface area (Å²) in [6.07, 6.45) is 3.80. The normalized spacial score (nSPS) is 12.2. The van der Waals surface area contributed by atoms with Crippen LogP contribution in [0.1, 0.15) is 0 Å². The Kier molecular flexibility index (Phi) is 3.12. The number of hydrogen-bond donors (Lipinski definition) is 0. The topological polar surface area (TPSA) is 30.2 Å². The molecule has 0 saturated heterocycles. The van der Waals surface area contributed by atoms with Crippen molar-refractivity contribution in [3.8, 4) is 0 Å². The van der Waals surface area contributed by atoms with Crippen molar-refractivity contribution < 1.29 is 0 Å². The van der Waals surface area contributed by atoms with Crippen LogP contribution in [0.2, 0.25) is 0 Å². The Morgan fingerprint density at radius 2 is 2.38 bits per heavy atom. The molecule has 0 aromatic carbocycles. The summed E-state index contributed by atoms with van der Waals surface area (Å²) in [5.41, 5.74) is 0. The third kappa shape index (κ3) is 2.18. The summed E-state index contributed by atoms with van der Waals surface area (Å²) >= 11 is 5.49. The standard InChI is InChI=1S/C7H6IN3S2/c8-5-11-2-4-13-7(11)10-6-9-1-3-12-6/h1-4H,5H2/b10-7+. The lowest BCUT2D eigenvalue weighted by Crippen LogP contribution is -2.10. The van der Waals surface area contributed by atoms with Crippen LogP contribution in [0.25, 0.3) is 0 Å². The van der Waals surface area contributed by atoms with E-state index in [9.17, 15) is 0 Å². The van der Waals surface area contributed by atoms with Crippen LogP contribution < -0.4 is 4.80 Å². The van der Waals surface area contributed by atoms with Gasteiger partial charge in [-0.25, -0.2) is 4.98 Å². The lowest BCUT2D eigenvalue weighted by atomic mass is 10.9. The first-order valence-corrected chi connectivity index (χ1v) is 6.83. The van der Waals surface area contributed by atoms with E-state index in [1.807, 2.05) is 17.0 Å². The average Bonchev–Trinajstić information content (AvgIpc) is 2.76. The monoisotopic (exact) mass is 323 g/mol. The second-order valence-corrected chi connectivity index (χ2v) is 4.63. The van der Waals surface area contributed by atoms with Crippen molar-refractivity contribution >= 4 is 50.4 Å². The van der Waals surface area contributed by atoms with Crippen molar-refractivity contribution in [3.05, 3.63) is 28.0 Å². The van der Waals surface area contributed by atoms with Crippen LogP contribution in [0.5, 0.6) is 0 Å². The van der Waals surface area contributed by atoms with Gasteiger partial charge in [0.15, 0.2) is 4.80 Å². The molecule has 0 spiro atoms. The van der Waals surface area contributed by atoms with E-state index in [1.165, 1.54) is 0 Å². The van der Waals surface area contributed by atoms with Gasteiger partial charge in [-0.2, -0.15) is 4.99 Å². The largest absolute Gasteiger partial charge is 0.314 e. The van der Waals surface area contributed by atoms with Gasteiger partial charge >= 0.3 is 0 Å². The molecule has 0 aliphatic carbocycles. The van der Waals surface area contributed by atoms with Gasteiger partial charge in [-0.3, -0.25) is 0 Å². The first-order valence-electron chi connectivity index (χ1n) is 3.54. The van der Waals surface area contributed by atoms with E-state index in [-0.39, 0.29) is 0 Å². The quantitative estimate of drug-likeness (QED) is 0.617. The molecular weight excluding hydrogens is 317 g/mol. The number of alkyl halides is 1. The lowest BCUT2D eigenvalue weighted by molar-refractivity contribution is 0.873. The van der Waals surface area contributed by atoms with E-state index >= 15 is 0 Å². The van der Waals surface area contributed by atoms with Crippen molar-refractivity contribution in [2.75, 3.05) is 0 Å². The van der Waals surface area contributed by atoms with Gasteiger partial charge < -0.3 is 4.57 Å². The van der Waals surface area contributed by atoms with Gasteiger partial charge in [0.25, 0.3) is 0 Å². The zero-order chi connectivity index (χ0) is 9.10. The number of nitrogens with zero attached hydrogens (tertiary/aromatic N) is 3. The molecular formula is C7H6IN3S2. The third-order valence-electron chi connectivity index (χ3n) is 1.40. The summed E-state index contributed by atoms with van der Waals surface area (Å²) in [5.74, 6) is 0. The van der Waals surface area contributed by atoms with Gasteiger partial charge in [0.05, 0.1) is 4.55 Å². The highest BCUT2D eigenvalue weighted by molar-refractivity contribution is 14.1. The molecule has 0 amide bonds. The summed E-state index contributed by atoms with van der Waals surface area (Å²) in [6.45, 7) is 0. The molecule has 0 aliphatic heterocycles. The SMILES string of the molecule is ICn1ccs/c1=N/c1nccs1. The summed E-state index contributed by atoms with van der Waals surface area (Å²) < 4.78 is 3.01. The molecule has 0 N–H and O–H groups in total. The average molecular weight is 323 g/mol. The first kappa shape index (κ1) is 9.35. The summed E-state index contributed by atoms with van der Waals surface area (Å²) in [6, 6.07) is 0. The van der Waals surface area contributed by atoms with Gasteiger partial charge in [-0.05, 0) is 0 Å². The molecule has 13 heavy (non-hydrogen) atoms. The Labute approximate surface area is 96.9 Å². The van der Waals surface area contributed by atoms with E-state index in [0.717, 1.165) is 14.5 Å². The zero-order valence-electron chi connectivity index (χ0n) is 6.55. The van der Waals surface area contributed by atoms with Crippen LogP contribution in [0.3, 0.4) is 0 Å².